The van der Waals surface area contributed by atoms with Gasteiger partial charge in [0.1, 0.15) is 0 Å². The molecule has 1 atom stereocenters. The average Bonchev–Trinajstić information content (AvgIpc) is 2.65. The first-order chi connectivity index (χ1) is 6.70. The quantitative estimate of drug-likeness (QED) is 0.813. The summed E-state index contributed by atoms with van der Waals surface area (Å²) in [7, 11) is 0. The zero-order chi connectivity index (χ0) is 10.1. The van der Waals surface area contributed by atoms with E-state index >= 15 is 0 Å². The van der Waals surface area contributed by atoms with Gasteiger partial charge in [0, 0.05) is 16.1 Å². The van der Waals surface area contributed by atoms with E-state index < -0.39 is 5.82 Å². The molecule has 2 rings (SSSR count). The third-order valence-electron chi connectivity index (χ3n) is 2.52. The van der Waals surface area contributed by atoms with Crippen LogP contribution in [0.1, 0.15) is 24.4 Å². The van der Waals surface area contributed by atoms with Crippen LogP contribution < -0.4 is 5.32 Å². The van der Waals surface area contributed by atoms with Crippen LogP contribution in [0, 0.1) is 5.82 Å². The number of hydrogen-bond donors (Lipinski definition) is 2. The van der Waals surface area contributed by atoms with Gasteiger partial charge in [-0.3, -0.25) is 0 Å². The van der Waals surface area contributed by atoms with E-state index in [1.165, 1.54) is 6.07 Å². The van der Waals surface area contributed by atoms with Crippen molar-refractivity contribution in [1.29, 1.82) is 0 Å². The van der Waals surface area contributed by atoms with E-state index in [-0.39, 0.29) is 11.8 Å². The van der Waals surface area contributed by atoms with Crippen LogP contribution >= 0.6 is 15.9 Å². The maximum Gasteiger partial charge on any atom is 0.165 e. The normalized spacial score (nSPS) is 21.4. The molecule has 1 aliphatic rings. The number of phenols is 1. The number of phenolic OH excluding ortho intramolecular Hbond substituents is 1. The fourth-order valence-corrected chi connectivity index (χ4v) is 2.42. The van der Waals surface area contributed by atoms with Crippen molar-refractivity contribution in [2.75, 3.05) is 6.54 Å². The lowest BCUT2D eigenvalue weighted by molar-refractivity contribution is 0.416. The van der Waals surface area contributed by atoms with E-state index in [1.54, 1.807) is 6.07 Å². The molecule has 0 amide bonds. The summed E-state index contributed by atoms with van der Waals surface area (Å²) in [6, 6.07) is 2.96. The Morgan fingerprint density at radius 2 is 2.29 bits per heavy atom. The molecule has 0 saturated carbocycles. The minimum Gasteiger partial charge on any atom is -0.505 e. The Bertz CT molecular complexity index is 350. The second-order valence-corrected chi connectivity index (χ2v) is 4.29. The Morgan fingerprint density at radius 1 is 1.50 bits per heavy atom. The molecule has 2 N–H and O–H groups in total. The Labute approximate surface area is 90.3 Å². The molecule has 4 heteroatoms. The number of nitrogens with one attached hydrogen (secondary N) is 1. The van der Waals surface area contributed by atoms with Crippen LogP contribution in [0.5, 0.6) is 5.75 Å². The van der Waals surface area contributed by atoms with E-state index in [9.17, 15) is 9.50 Å². The number of halogens is 2. The molecule has 0 aromatic heterocycles. The molecule has 1 aromatic rings. The highest BCUT2D eigenvalue weighted by Crippen LogP contribution is 2.37. The van der Waals surface area contributed by atoms with Gasteiger partial charge in [-0.15, -0.1) is 0 Å². The molecular formula is C10H11BrFNO. The molecule has 14 heavy (non-hydrogen) atoms. The Balaban J connectivity index is 2.44. The van der Waals surface area contributed by atoms with E-state index in [0.717, 1.165) is 23.9 Å². The first kappa shape index (κ1) is 9.93. The monoisotopic (exact) mass is 259 g/mol. The first-order valence-corrected chi connectivity index (χ1v) is 5.39. The summed E-state index contributed by atoms with van der Waals surface area (Å²) in [4.78, 5) is 0. The van der Waals surface area contributed by atoms with Gasteiger partial charge >= 0.3 is 0 Å². The maximum atomic E-state index is 13.1. The smallest absolute Gasteiger partial charge is 0.165 e. The number of hydrogen-bond acceptors (Lipinski definition) is 2. The SMILES string of the molecule is Oc1c(F)ccc(Br)c1[C@H]1CCCN1. The fraction of sp³-hybridized carbons (Fsp3) is 0.400. The minimum atomic E-state index is -0.558. The molecule has 1 heterocycles. The lowest BCUT2D eigenvalue weighted by Crippen LogP contribution is -2.13. The van der Waals surface area contributed by atoms with Crippen molar-refractivity contribution in [1.82, 2.24) is 5.32 Å². The predicted molar refractivity (Wildman–Crippen MR) is 55.7 cm³/mol. The van der Waals surface area contributed by atoms with Gasteiger partial charge in [-0.2, -0.15) is 0 Å². The van der Waals surface area contributed by atoms with Crippen LogP contribution in [-0.2, 0) is 0 Å². The zero-order valence-electron chi connectivity index (χ0n) is 7.56. The summed E-state index contributed by atoms with van der Waals surface area (Å²) in [5.41, 5.74) is 0.641. The molecule has 76 valence electrons. The second-order valence-electron chi connectivity index (χ2n) is 3.44. The molecule has 1 aliphatic heterocycles. The van der Waals surface area contributed by atoms with Crippen LogP contribution in [0.3, 0.4) is 0 Å². The molecule has 0 aliphatic carbocycles. The van der Waals surface area contributed by atoms with E-state index in [1.807, 2.05) is 0 Å². The molecule has 0 bridgehead atoms. The van der Waals surface area contributed by atoms with Gasteiger partial charge in [0.15, 0.2) is 11.6 Å². The number of rotatable bonds is 1. The van der Waals surface area contributed by atoms with Crippen molar-refractivity contribution < 1.29 is 9.50 Å². The summed E-state index contributed by atoms with van der Waals surface area (Å²) in [6.45, 7) is 0.924. The fourth-order valence-electron chi connectivity index (χ4n) is 1.82. The standard InChI is InChI=1S/C10H11BrFNO/c11-6-3-4-7(12)10(14)9(6)8-2-1-5-13-8/h3-4,8,13-14H,1-2,5H2/t8-/m1/s1. The van der Waals surface area contributed by atoms with Crippen molar-refractivity contribution in [2.45, 2.75) is 18.9 Å². The Kier molecular flexibility index (Phi) is 2.74. The highest BCUT2D eigenvalue weighted by Gasteiger charge is 2.23. The van der Waals surface area contributed by atoms with E-state index in [0.29, 0.717) is 5.56 Å². The van der Waals surface area contributed by atoms with Gasteiger partial charge in [-0.05, 0) is 31.5 Å². The topological polar surface area (TPSA) is 32.3 Å². The van der Waals surface area contributed by atoms with Gasteiger partial charge in [0.2, 0.25) is 0 Å². The number of benzene rings is 1. The summed E-state index contributed by atoms with van der Waals surface area (Å²) < 4.78 is 13.9. The summed E-state index contributed by atoms with van der Waals surface area (Å²) in [6.07, 6.45) is 2.00. The van der Waals surface area contributed by atoms with Crippen molar-refractivity contribution in [2.24, 2.45) is 0 Å². The Hall–Kier alpha value is -0.610. The van der Waals surface area contributed by atoms with E-state index in [4.69, 9.17) is 0 Å². The molecule has 1 aromatic carbocycles. The van der Waals surface area contributed by atoms with Gasteiger partial charge in [0.05, 0.1) is 0 Å². The van der Waals surface area contributed by atoms with Crippen molar-refractivity contribution in [3.8, 4) is 5.75 Å². The molecule has 0 spiro atoms. The lowest BCUT2D eigenvalue weighted by Gasteiger charge is -2.14. The van der Waals surface area contributed by atoms with Crippen LogP contribution in [0.2, 0.25) is 0 Å². The van der Waals surface area contributed by atoms with E-state index in [2.05, 4.69) is 21.2 Å². The number of aromatic hydroxyl groups is 1. The molecular weight excluding hydrogens is 249 g/mol. The van der Waals surface area contributed by atoms with Crippen LogP contribution in [0.4, 0.5) is 4.39 Å². The van der Waals surface area contributed by atoms with Crippen LogP contribution in [0.25, 0.3) is 0 Å². The van der Waals surface area contributed by atoms with Crippen molar-refractivity contribution in [3.63, 3.8) is 0 Å². The maximum absolute atomic E-state index is 13.1. The molecule has 2 nitrogen and oxygen atoms in total. The third kappa shape index (κ3) is 1.64. The van der Waals surface area contributed by atoms with Gasteiger partial charge in [-0.1, -0.05) is 15.9 Å². The summed E-state index contributed by atoms with van der Waals surface area (Å²) in [5.74, 6) is -0.796. The second kappa shape index (κ2) is 3.87. The van der Waals surface area contributed by atoms with Crippen molar-refractivity contribution >= 4 is 15.9 Å². The van der Waals surface area contributed by atoms with Crippen LogP contribution in [0.15, 0.2) is 16.6 Å². The average molecular weight is 260 g/mol. The third-order valence-corrected chi connectivity index (χ3v) is 3.21. The van der Waals surface area contributed by atoms with Gasteiger partial charge in [-0.25, -0.2) is 4.39 Å². The zero-order valence-corrected chi connectivity index (χ0v) is 9.14. The highest BCUT2D eigenvalue weighted by molar-refractivity contribution is 9.10. The highest BCUT2D eigenvalue weighted by atomic mass is 79.9. The summed E-state index contributed by atoms with van der Waals surface area (Å²) in [5, 5.41) is 12.8. The summed E-state index contributed by atoms with van der Waals surface area (Å²) >= 11 is 3.32. The molecule has 1 fully saturated rings. The lowest BCUT2D eigenvalue weighted by atomic mass is 10.0. The largest absolute Gasteiger partial charge is 0.505 e. The van der Waals surface area contributed by atoms with Crippen LogP contribution in [-0.4, -0.2) is 11.7 Å². The molecule has 1 saturated heterocycles. The molecule has 0 unspecified atom stereocenters. The van der Waals surface area contributed by atoms with Crippen molar-refractivity contribution in [3.05, 3.63) is 28.0 Å². The Morgan fingerprint density at radius 3 is 2.93 bits per heavy atom. The first-order valence-electron chi connectivity index (χ1n) is 4.60. The molecule has 0 radical (unpaired) electrons. The van der Waals surface area contributed by atoms with Gasteiger partial charge in [0.25, 0.3) is 0 Å². The predicted octanol–water partition coefficient (Wildman–Crippen LogP) is 2.72. The minimum absolute atomic E-state index is 0.0695. The van der Waals surface area contributed by atoms with Gasteiger partial charge < -0.3 is 10.4 Å².